The number of hydrogen-bond acceptors (Lipinski definition) is 2. The summed E-state index contributed by atoms with van der Waals surface area (Å²) in [6.45, 7) is 2.44. The maximum atomic E-state index is 5.22. The second-order valence-electron chi connectivity index (χ2n) is 13.0. The van der Waals surface area contributed by atoms with Crippen molar-refractivity contribution in [2.75, 3.05) is 4.90 Å². The molecule has 49 heavy (non-hydrogen) atoms. The van der Waals surface area contributed by atoms with Gasteiger partial charge in [0.1, 0.15) is 5.65 Å². The minimum Gasteiger partial charge on any atom is -0.310 e. The molecule has 0 saturated carbocycles. The minimum absolute atomic E-state index is 0.302. The van der Waals surface area contributed by atoms with E-state index < -0.39 is 20.7 Å². The van der Waals surface area contributed by atoms with Crippen molar-refractivity contribution >= 4 is 90.8 Å². The van der Waals surface area contributed by atoms with Gasteiger partial charge in [-0.3, -0.25) is 4.40 Å². The Labute approximate surface area is 294 Å². The molecule has 0 amide bonds. The first-order valence-corrected chi connectivity index (χ1v) is 19.2. The Morgan fingerprint density at radius 3 is 2.10 bits per heavy atom. The Hall–Kier alpha value is -5.33. The van der Waals surface area contributed by atoms with Gasteiger partial charge in [0, 0.05) is 28.1 Å². The maximum Gasteiger partial charge on any atom is 0.146 e. The third-order valence-corrected chi connectivity index (χ3v) is 13.1. The van der Waals surface area contributed by atoms with Gasteiger partial charge in [-0.2, -0.15) is 0 Å². The molecule has 0 aliphatic carbocycles. The summed E-state index contributed by atoms with van der Waals surface area (Å²) in [5, 5.41) is 7.72. The van der Waals surface area contributed by atoms with Gasteiger partial charge in [0.25, 0.3) is 0 Å². The Morgan fingerprint density at radius 2 is 1.27 bits per heavy atom. The van der Waals surface area contributed by atoms with Crippen LogP contribution in [0.2, 0.25) is 0 Å². The lowest BCUT2D eigenvalue weighted by atomic mass is 9.82. The third-order valence-electron chi connectivity index (χ3n) is 10.3. The highest BCUT2D eigenvalue weighted by atomic mass is 127. The largest absolute Gasteiger partial charge is 0.310 e. The lowest BCUT2D eigenvalue weighted by Gasteiger charge is -2.30. The van der Waals surface area contributed by atoms with Gasteiger partial charge in [0.15, 0.2) is 0 Å². The third kappa shape index (κ3) is 4.47. The summed E-state index contributed by atoms with van der Waals surface area (Å²) in [5.41, 5.74) is 9.72. The van der Waals surface area contributed by atoms with Crippen LogP contribution >= 0.6 is 20.7 Å². The lowest BCUT2D eigenvalue weighted by molar-refractivity contribution is 0.715. The number of pyridine rings is 1. The van der Waals surface area contributed by atoms with Crippen molar-refractivity contribution < 1.29 is 0 Å². The molecule has 9 aromatic rings. The molecule has 0 bridgehead atoms. The Morgan fingerprint density at radius 1 is 0.592 bits per heavy atom. The second kappa shape index (κ2) is 11.4. The van der Waals surface area contributed by atoms with E-state index in [0.29, 0.717) is 11.8 Å². The van der Waals surface area contributed by atoms with E-state index in [9.17, 15) is 0 Å². The number of hydrogen-bond donors (Lipinski definition) is 0. The Kier molecular flexibility index (Phi) is 6.66. The fourth-order valence-electron chi connectivity index (χ4n) is 7.93. The molecule has 7 aromatic carbocycles. The summed E-state index contributed by atoms with van der Waals surface area (Å²) in [6.07, 6.45) is 0. The number of nitrogens with zero attached hydrogens (tertiary/aromatic N) is 3. The van der Waals surface area contributed by atoms with Crippen LogP contribution in [0.25, 0.3) is 49.0 Å². The molecule has 0 N–H and O–H groups in total. The molecule has 1 aliphatic rings. The van der Waals surface area contributed by atoms with E-state index in [1.165, 1.54) is 58.3 Å². The molecule has 0 radical (unpaired) electrons. The zero-order chi connectivity index (χ0) is 32.5. The summed E-state index contributed by atoms with van der Waals surface area (Å²) in [6, 6.07) is 57.4. The fraction of sp³-hybridized carbons (Fsp3) is 0.0667. The number of benzene rings is 7. The van der Waals surface area contributed by atoms with Gasteiger partial charge in [-0.15, -0.1) is 0 Å². The van der Waals surface area contributed by atoms with Crippen molar-refractivity contribution in [2.24, 2.45) is 0 Å². The number of imidazole rings is 1. The Balaban J connectivity index is 1.14. The van der Waals surface area contributed by atoms with Gasteiger partial charge >= 0.3 is 0 Å². The molecule has 1 aliphatic heterocycles. The smallest absolute Gasteiger partial charge is 0.146 e. The van der Waals surface area contributed by atoms with Crippen molar-refractivity contribution in [2.45, 2.75) is 18.8 Å². The van der Waals surface area contributed by atoms with Gasteiger partial charge in [-0.25, -0.2) is 4.98 Å². The number of para-hydroxylation sites is 3. The first-order valence-electron chi connectivity index (χ1n) is 16.9. The van der Waals surface area contributed by atoms with Crippen LogP contribution in [-0.4, -0.2) is 13.4 Å². The van der Waals surface area contributed by atoms with Gasteiger partial charge in [0.2, 0.25) is 0 Å². The van der Waals surface area contributed by atoms with Crippen LogP contribution in [0.5, 0.6) is 0 Å². The monoisotopic (exact) mass is 741 g/mol. The molecule has 2 atom stereocenters. The van der Waals surface area contributed by atoms with Crippen LogP contribution in [0.15, 0.2) is 158 Å². The van der Waals surface area contributed by atoms with Crippen LogP contribution in [0.4, 0.5) is 17.1 Å². The lowest BCUT2D eigenvalue weighted by Crippen LogP contribution is -2.17. The van der Waals surface area contributed by atoms with E-state index in [0.717, 1.165) is 22.5 Å². The molecule has 10 rings (SSSR count). The molecule has 0 saturated heterocycles. The van der Waals surface area contributed by atoms with E-state index in [-0.39, 0.29) is 0 Å². The number of fused-ring (bicyclic) bond motifs is 11. The summed E-state index contributed by atoms with van der Waals surface area (Å²) < 4.78 is 6.60. The molecule has 0 fully saturated rings. The van der Waals surface area contributed by atoms with E-state index in [4.69, 9.17) is 4.98 Å². The normalized spacial score (nSPS) is 15.9. The molecular weight excluding hydrogens is 709 g/mol. The molecule has 1 unspecified atom stereocenters. The van der Waals surface area contributed by atoms with Crippen LogP contribution in [0.3, 0.4) is 0 Å². The predicted octanol–water partition coefficient (Wildman–Crippen LogP) is 12.3. The van der Waals surface area contributed by atoms with Crippen LogP contribution in [0, 0.1) is 3.70 Å². The van der Waals surface area contributed by atoms with Gasteiger partial charge < -0.3 is 4.90 Å². The van der Waals surface area contributed by atoms with Crippen molar-refractivity contribution in [3.63, 3.8) is 0 Å². The molecule has 2 aromatic heterocycles. The first-order chi connectivity index (χ1) is 24.2. The topological polar surface area (TPSA) is 20.5 Å². The van der Waals surface area contributed by atoms with E-state index >= 15 is 0 Å². The zero-order valence-corrected chi connectivity index (χ0v) is 29.1. The van der Waals surface area contributed by atoms with E-state index in [1.54, 1.807) is 0 Å². The van der Waals surface area contributed by atoms with Crippen LogP contribution < -0.4 is 4.90 Å². The van der Waals surface area contributed by atoms with Crippen molar-refractivity contribution in [3.8, 4) is 0 Å². The first kappa shape index (κ1) is 28.7. The molecule has 3 nitrogen and oxygen atoms in total. The molecular formula is C45H32IN3. The molecule has 3 heterocycles. The van der Waals surface area contributed by atoms with Gasteiger partial charge in [0.05, 0.1) is 20.4 Å². The van der Waals surface area contributed by atoms with Gasteiger partial charge in [-0.05, 0) is 91.1 Å². The van der Waals surface area contributed by atoms with Crippen LogP contribution in [-0.2, 0) is 0 Å². The summed E-state index contributed by atoms with van der Waals surface area (Å²) in [7, 11) is 0. The van der Waals surface area contributed by atoms with Crippen molar-refractivity contribution in [1.82, 2.24) is 9.38 Å². The molecule has 234 valence electrons. The molecule has 4 heteroatoms. The summed E-state index contributed by atoms with van der Waals surface area (Å²) in [4.78, 5) is 7.61. The average molecular weight is 742 g/mol. The number of anilines is 3. The van der Waals surface area contributed by atoms with E-state index in [2.05, 4.69) is 178 Å². The minimum atomic E-state index is -0.407. The average Bonchev–Trinajstić information content (AvgIpc) is 3.56. The SMILES string of the molecule is C[C@H]1c2c(n3c4ccccc4nc3c3ccc4ccccc4c23)I=CC1c1ccc(N(c2ccccc2)c2cccc3ccccc23)cc1. The van der Waals surface area contributed by atoms with Crippen molar-refractivity contribution in [3.05, 3.63) is 173 Å². The van der Waals surface area contributed by atoms with Gasteiger partial charge in [-0.1, -0.05) is 137 Å². The van der Waals surface area contributed by atoms with Crippen molar-refractivity contribution in [1.29, 1.82) is 0 Å². The highest BCUT2D eigenvalue weighted by Crippen LogP contribution is 2.48. The quantitative estimate of drug-likeness (QED) is 0.102. The van der Waals surface area contributed by atoms with Crippen LogP contribution in [0.1, 0.15) is 29.9 Å². The second-order valence-corrected chi connectivity index (χ2v) is 15.3. The molecule has 0 spiro atoms. The summed E-state index contributed by atoms with van der Waals surface area (Å²) >= 11 is -0.407. The predicted molar refractivity (Wildman–Crippen MR) is 216 cm³/mol. The number of aromatic nitrogens is 2. The number of rotatable bonds is 4. The zero-order valence-electron chi connectivity index (χ0n) is 27.0. The number of halogens is 1. The van der Waals surface area contributed by atoms with E-state index in [1.807, 2.05) is 0 Å². The standard InChI is InChI=1S/C45H32IN3/c1-29-38(32-22-25-34(26-23-32)48(33-15-3-2-4-16-33)40-21-11-14-30-12-5-7-17-35(30)40)28-46-44-42(29)43-36-18-8-6-13-31(36)24-27-37(43)45-47-39-19-9-10-20-41(39)49(44)45/h2-29,38H,1H3/t29-,38?/m1/s1. The summed E-state index contributed by atoms with van der Waals surface area (Å²) in [5.74, 6) is 0.628. The Bertz CT molecular complexity index is 2740. The highest BCUT2D eigenvalue weighted by Gasteiger charge is 2.30. The fourth-order valence-corrected chi connectivity index (χ4v) is 11.6. The maximum absolute atomic E-state index is 5.22. The highest BCUT2D eigenvalue weighted by molar-refractivity contribution is 14.2.